The van der Waals surface area contributed by atoms with Gasteiger partial charge in [-0.1, -0.05) is 6.07 Å². The van der Waals surface area contributed by atoms with Gasteiger partial charge in [-0.15, -0.1) is 0 Å². The highest BCUT2D eigenvalue weighted by Crippen LogP contribution is 2.27. The maximum absolute atomic E-state index is 13.0. The molecule has 0 aliphatic rings. The molecule has 0 aliphatic heterocycles. The number of amides is 1. The molecule has 166 valence electrons. The number of hydrogen-bond acceptors (Lipinski definition) is 6. The highest BCUT2D eigenvalue weighted by atomic mass is 16.5. The van der Waals surface area contributed by atoms with E-state index in [4.69, 9.17) is 9.47 Å². The van der Waals surface area contributed by atoms with E-state index in [-0.39, 0.29) is 5.91 Å². The lowest BCUT2D eigenvalue weighted by Crippen LogP contribution is -2.15. The molecule has 4 aromatic rings. The predicted octanol–water partition coefficient (Wildman–Crippen LogP) is 4.90. The van der Waals surface area contributed by atoms with Crippen LogP contribution in [0.15, 0.2) is 79.5 Å². The van der Waals surface area contributed by atoms with Gasteiger partial charge in [0, 0.05) is 42.1 Å². The number of pyridine rings is 3. The maximum Gasteiger partial charge on any atom is 0.256 e. The molecule has 3 heterocycles. The number of carbonyl (C=O) groups excluding carboxylic acids is 1. The zero-order valence-electron chi connectivity index (χ0n) is 18.5. The van der Waals surface area contributed by atoms with Crippen LogP contribution in [0.3, 0.4) is 0 Å². The fourth-order valence-electron chi connectivity index (χ4n) is 3.37. The lowest BCUT2D eigenvalue weighted by molar-refractivity contribution is 0.102. The van der Waals surface area contributed by atoms with Gasteiger partial charge in [0.1, 0.15) is 19.0 Å². The Morgan fingerprint density at radius 1 is 0.848 bits per heavy atom. The molecule has 0 saturated carbocycles. The van der Waals surface area contributed by atoms with Crippen molar-refractivity contribution in [2.45, 2.75) is 27.1 Å². The normalized spacial score (nSPS) is 10.5. The van der Waals surface area contributed by atoms with Gasteiger partial charge in [-0.25, -0.2) is 4.98 Å². The summed E-state index contributed by atoms with van der Waals surface area (Å²) in [5.74, 6) is 1.35. The summed E-state index contributed by atoms with van der Waals surface area (Å²) >= 11 is 0. The quantitative estimate of drug-likeness (QED) is 0.419. The van der Waals surface area contributed by atoms with E-state index in [2.05, 4.69) is 20.3 Å². The Morgan fingerprint density at radius 2 is 1.58 bits per heavy atom. The van der Waals surface area contributed by atoms with Crippen LogP contribution in [0, 0.1) is 13.8 Å². The van der Waals surface area contributed by atoms with Gasteiger partial charge in [0.25, 0.3) is 5.91 Å². The van der Waals surface area contributed by atoms with E-state index in [0.29, 0.717) is 30.3 Å². The Bertz CT molecular complexity index is 1210. The van der Waals surface area contributed by atoms with Gasteiger partial charge >= 0.3 is 0 Å². The number of aryl methyl sites for hydroxylation is 2. The third kappa shape index (κ3) is 5.71. The van der Waals surface area contributed by atoms with E-state index in [1.165, 1.54) is 0 Å². The lowest BCUT2D eigenvalue weighted by atomic mass is 10.0. The summed E-state index contributed by atoms with van der Waals surface area (Å²) < 4.78 is 11.9. The Morgan fingerprint density at radius 3 is 2.30 bits per heavy atom. The fraction of sp³-hybridized carbons (Fsp3) is 0.154. The number of rotatable bonds is 8. The van der Waals surface area contributed by atoms with E-state index in [9.17, 15) is 4.79 Å². The number of anilines is 1. The zero-order chi connectivity index (χ0) is 23.0. The molecule has 33 heavy (non-hydrogen) atoms. The van der Waals surface area contributed by atoms with Crippen molar-refractivity contribution in [3.8, 4) is 11.5 Å². The summed E-state index contributed by atoms with van der Waals surface area (Å²) in [6.07, 6.45) is 8.53. The second kappa shape index (κ2) is 10.4. The Labute approximate surface area is 192 Å². The highest BCUT2D eigenvalue weighted by Gasteiger charge is 2.15. The topological polar surface area (TPSA) is 86.2 Å². The van der Waals surface area contributed by atoms with E-state index in [1.807, 2.05) is 38.1 Å². The van der Waals surface area contributed by atoms with Crippen LogP contribution < -0.4 is 14.8 Å². The van der Waals surface area contributed by atoms with Gasteiger partial charge < -0.3 is 14.8 Å². The summed E-state index contributed by atoms with van der Waals surface area (Å²) in [5.41, 5.74) is 4.22. The average molecular weight is 441 g/mol. The summed E-state index contributed by atoms with van der Waals surface area (Å²) in [5, 5.41) is 2.86. The van der Waals surface area contributed by atoms with Crippen LogP contribution >= 0.6 is 0 Å². The monoisotopic (exact) mass is 440 g/mol. The average Bonchev–Trinajstić information content (AvgIpc) is 2.84. The minimum absolute atomic E-state index is 0.271. The first-order valence-corrected chi connectivity index (χ1v) is 10.5. The third-order valence-electron chi connectivity index (χ3n) is 4.97. The molecule has 7 nitrogen and oxygen atoms in total. The van der Waals surface area contributed by atoms with Gasteiger partial charge in [-0.2, -0.15) is 0 Å². The number of ether oxygens (including phenoxy) is 2. The molecule has 0 unspecified atom stereocenters. The van der Waals surface area contributed by atoms with Crippen molar-refractivity contribution in [1.82, 2.24) is 15.0 Å². The van der Waals surface area contributed by atoms with Crippen LogP contribution in [0.5, 0.6) is 11.5 Å². The molecule has 1 amide bonds. The van der Waals surface area contributed by atoms with Crippen LogP contribution in [0.25, 0.3) is 0 Å². The molecule has 0 bridgehead atoms. The molecule has 0 saturated heterocycles. The molecule has 0 spiro atoms. The van der Waals surface area contributed by atoms with Crippen LogP contribution in [0.1, 0.15) is 32.6 Å². The van der Waals surface area contributed by atoms with Crippen molar-refractivity contribution in [1.29, 1.82) is 0 Å². The van der Waals surface area contributed by atoms with Gasteiger partial charge in [0.15, 0.2) is 11.6 Å². The summed E-state index contributed by atoms with van der Waals surface area (Å²) in [6, 6.07) is 14.7. The summed E-state index contributed by atoms with van der Waals surface area (Å²) in [6.45, 7) is 4.60. The smallest absolute Gasteiger partial charge is 0.256 e. The highest BCUT2D eigenvalue weighted by molar-refractivity contribution is 6.04. The zero-order valence-corrected chi connectivity index (χ0v) is 18.5. The number of carbonyl (C=O) groups is 1. The summed E-state index contributed by atoms with van der Waals surface area (Å²) in [4.78, 5) is 25.4. The molecule has 4 rings (SSSR count). The van der Waals surface area contributed by atoms with Crippen LogP contribution in [0.2, 0.25) is 0 Å². The minimum atomic E-state index is -0.271. The minimum Gasteiger partial charge on any atom is -0.488 e. The second-order valence-electron chi connectivity index (χ2n) is 7.54. The Kier molecular flexibility index (Phi) is 6.90. The molecule has 0 radical (unpaired) electrons. The third-order valence-corrected chi connectivity index (χ3v) is 4.97. The lowest BCUT2D eigenvalue weighted by Gasteiger charge is -2.15. The number of benzene rings is 1. The largest absolute Gasteiger partial charge is 0.488 e. The van der Waals surface area contributed by atoms with E-state index in [1.54, 1.807) is 55.2 Å². The molecule has 7 heteroatoms. The van der Waals surface area contributed by atoms with Gasteiger partial charge in [-0.05, 0) is 73.0 Å². The first-order valence-electron chi connectivity index (χ1n) is 10.5. The van der Waals surface area contributed by atoms with Gasteiger partial charge in [0.05, 0.1) is 0 Å². The maximum atomic E-state index is 13.0. The molecule has 0 aliphatic carbocycles. The molecule has 3 aromatic heterocycles. The van der Waals surface area contributed by atoms with Gasteiger partial charge in [-0.3, -0.25) is 14.8 Å². The molecule has 0 fully saturated rings. The first-order chi connectivity index (χ1) is 16.1. The van der Waals surface area contributed by atoms with Crippen LogP contribution in [-0.2, 0) is 13.2 Å². The van der Waals surface area contributed by atoms with Gasteiger partial charge in [0.2, 0.25) is 0 Å². The standard InChI is InChI=1S/C26H24N4O3/c1-18-13-22(14-19(2)24(18)33-17-21-5-3-9-28-15-21)26(31)30-25-23(6-4-10-29-25)32-16-20-7-11-27-12-8-20/h3-15H,16-17H2,1-2H3,(H,29,30,31). The fourth-order valence-corrected chi connectivity index (χ4v) is 3.37. The van der Waals surface area contributed by atoms with Crippen molar-refractivity contribution in [2.75, 3.05) is 5.32 Å². The van der Waals surface area contributed by atoms with Crippen molar-refractivity contribution < 1.29 is 14.3 Å². The van der Waals surface area contributed by atoms with Crippen molar-refractivity contribution in [3.63, 3.8) is 0 Å². The number of hydrogen-bond donors (Lipinski definition) is 1. The number of nitrogens with one attached hydrogen (secondary N) is 1. The second-order valence-corrected chi connectivity index (χ2v) is 7.54. The van der Waals surface area contributed by atoms with E-state index >= 15 is 0 Å². The SMILES string of the molecule is Cc1cc(C(=O)Nc2ncccc2OCc2ccncc2)cc(C)c1OCc1cccnc1. The van der Waals surface area contributed by atoms with Crippen molar-refractivity contribution in [2.24, 2.45) is 0 Å². The van der Waals surface area contributed by atoms with E-state index in [0.717, 1.165) is 28.0 Å². The first kappa shape index (κ1) is 22.0. The predicted molar refractivity (Wildman–Crippen MR) is 125 cm³/mol. The number of aromatic nitrogens is 3. The molecule has 1 N–H and O–H groups in total. The molecular formula is C26H24N4O3. The Balaban J connectivity index is 1.45. The summed E-state index contributed by atoms with van der Waals surface area (Å²) in [7, 11) is 0. The number of nitrogens with zero attached hydrogens (tertiary/aromatic N) is 3. The van der Waals surface area contributed by atoms with Crippen LogP contribution in [-0.4, -0.2) is 20.9 Å². The van der Waals surface area contributed by atoms with Crippen molar-refractivity contribution >= 4 is 11.7 Å². The van der Waals surface area contributed by atoms with Crippen LogP contribution in [0.4, 0.5) is 5.82 Å². The Hall–Kier alpha value is -4.26. The molecular weight excluding hydrogens is 416 g/mol. The molecule has 1 aromatic carbocycles. The van der Waals surface area contributed by atoms with E-state index < -0.39 is 0 Å². The van der Waals surface area contributed by atoms with Crippen molar-refractivity contribution in [3.05, 3.63) is 107 Å². The molecule has 0 atom stereocenters.